The molecular formula is C11H12O5S. The van der Waals surface area contributed by atoms with E-state index < -0.39 is 27.0 Å². The summed E-state index contributed by atoms with van der Waals surface area (Å²) in [5.74, 6) is -0.255. The van der Waals surface area contributed by atoms with Crippen molar-refractivity contribution in [2.24, 2.45) is 0 Å². The summed E-state index contributed by atoms with van der Waals surface area (Å²) in [6.07, 6.45) is 0.929. The fourth-order valence-corrected chi connectivity index (χ4v) is 2.75. The summed E-state index contributed by atoms with van der Waals surface area (Å²) >= 11 is 0. The molecule has 6 heteroatoms. The maximum Gasteiger partial charge on any atom is 0.193 e. The number of aliphatic hydroxyl groups excluding tert-OH is 1. The minimum Gasteiger partial charge on any atom is -0.491 e. The van der Waals surface area contributed by atoms with Crippen LogP contribution >= 0.6 is 0 Å². The average molecular weight is 256 g/mol. The average Bonchev–Trinajstić information content (AvgIpc) is 2.29. The predicted octanol–water partition coefficient (Wildman–Crippen LogP) is 0.0374. The first kappa shape index (κ1) is 12.1. The molecular weight excluding hydrogens is 244 g/mol. The van der Waals surface area contributed by atoms with Crippen LogP contribution in [-0.4, -0.2) is 43.5 Å². The van der Waals surface area contributed by atoms with Crippen LogP contribution in [0.2, 0.25) is 0 Å². The van der Waals surface area contributed by atoms with Crippen molar-refractivity contribution in [1.29, 1.82) is 0 Å². The quantitative estimate of drug-likeness (QED) is 0.808. The maximum atomic E-state index is 12.2. The summed E-state index contributed by atoms with van der Waals surface area (Å²) in [7, 11) is -3.75. The van der Waals surface area contributed by atoms with Crippen molar-refractivity contribution >= 4 is 15.6 Å². The fourth-order valence-electron chi connectivity index (χ4n) is 1.80. The maximum absolute atomic E-state index is 12.2. The van der Waals surface area contributed by atoms with Gasteiger partial charge in [0.2, 0.25) is 0 Å². The van der Waals surface area contributed by atoms with Crippen LogP contribution in [0.4, 0.5) is 0 Å². The van der Waals surface area contributed by atoms with Gasteiger partial charge in [-0.15, -0.1) is 0 Å². The van der Waals surface area contributed by atoms with E-state index in [2.05, 4.69) is 0 Å². The summed E-state index contributed by atoms with van der Waals surface area (Å²) in [6, 6.07) is 6.40. The number of aliphatic hydroxyl groups is 1. The van der Waals surface area contributed by atoms with Gasteiger partial charge in [-0.05, 0) is 12.1 Å². The number of carbonyl (C=O) groups is 1. The Balaban J connectivity index is 2.61. The Kier molecular flexibility index (Phi) is 2.71. The highest BCUT2D eigenvalue weighted by Gasteiger charge is 2.52. The Bertz CT molecular complexity index is 563. The van der Waals surface area contributed by atoms with Gasteiger partial charge in [0.05, 0.1) is 12.2 Å². The summed E-state index contributed by atoms with van der Waals surface area (Å²) in [5, 5.41) is 9.29. The van der Waals surface area contributed by atoms with Gasteiger partial charge in [-0.2, -0.15) is 0 Å². The van der Waals surface area contributed by atoms with Crippen molar-refractivity contribution in [3.8, 4) is 5.75 Å². The minimum atomic E-state index is -3.75. The molecule has 1 aromatic rings. The highest BCUT2D eigenvalue weighted by atomic mass is 32.2. The second-order valence-corrected chi connectivity index (χ2v) is 6.36. The lowest BCUT2D eigenvalue weighted by Gasteiger charge is -2.33. The van der Waals surface area contributed by atoms with Crippen molar-refractivity contribution in [2.45, 2.75) is 4.75 Å². The third kappa shape index (κ3) is 1.64. The number of ketones is 1. The van der Waals surface area contributed by atoms with Crippen LogP contribution in [0.1, 0.15) is 10.4 Å². The molecule has 1 N–H and O–H groups in total. The van der Waals surface area contributed by atoms with Gasteiger partial charge >= 0.3 is 0 Å². The normalized spacial score (nSPS) is 24.0. The third-order valence-corrected chi connectivity index (χ3v) is 4.82. The first-order valence-corrected chi connectivity index (χ1v) is 6.88. The Morgan fingerprint density at radius 2 is 2.06 bits per heavy atom. The van der Waals surface area contributed by atoms with Crippen molar-refractivity contribution in [2.75, 3.05) is 19.5 Å². The Hall–Kier alpha value is -1.40. The highest BCUT2D eigenvalue weighted by Crippen LogP contribution is 2.33. The van der Waals surface area contributed by atoms with Crippen molar-refractivity contribution < 1.29 is 23.1 Å². The Labute approximate surface area is 98.9 Å². The van der Waals surface area contributed by atoms with E-state index >= 15 is 0 Å². The number of hydrogen-bond donors (Lipinski definition) is 1. The predicted molar refractivity (Wildman–Crippen MR) is 60.9 cm³/mol. The van der Waals surface area contributed by atoms with Crippen LogP contribution in [0.5, 0.6) is 5.75 Å². The molecule has 1 aliphatic heterocycles. The highest BCUT2D eigenvalue weighted by molar-refractivity contribution is 7.93. The van der Waals surface area contributed by atoms with Crippen LogP contribution in [0, 0.1) is 0 Å². The van der Waals surface area contributed by atoms with Crippen LogP contribution in [0.15, 0.2) is 24.3 Å². The zero-order chi connectivity index (χ0) is 12.7. The van der Waals surface area contributed by atoms with Crippen molar-refractivity contribution in [1.82, 2.24) is 0 Å². The standard InChI is InChI=1S/C11H12O5S/c1-17(14,15)11(6-12)7-16-9-5-3-2-4-8(9)10(11)13/h2-5,12H,6-7H2,1H3. The molecule has 1 aromatic carbocycles. The monoisotopic (exact) mass is 256 g/mol. The molecule has 1 heterocycles. The molecule has 0 aliphatic carbocycles. The lowest BCUT2D eigenvalue weighted by molar-refractivity contribution is 0.0785. The summed E-state index contributed by atoms with van der Waals surface area (Å²) in [4.78, 5) is 12.2. The number of fused-ring (bicyclic) bond motifs is 1. The van der Waals surface area contributed by atoms with Crippen LogP contribution < -0.4 is 4.74 Å². The van der Waals surface area contributed by atoms with Crippen molar-refractivity contribution in [3.63, 3.8) is 0 Å². The van der Waals surface area contributed by atoms with E-state index in [-0.39, 0.29) is 12.2 Å². The number of para-hydroxylation sites is 1. The van der Waals surface area contributed by atoms with Gasteiger partial charge in [-0.1, -0.05) is 12.1 Å². The van der Waals surface area contributed by atoms with Gasteiger partial charge < -0.3 is 9.84 Å². The van der Waals surface area contributed by atoms with Gasteiger partial charge in [-0.25, -0.2) is 8.42 Å². The van der Waals surface area contributed by atoms with E-state index in [0.717, 1.165) is 6.26 Å². The first-order chi connectivity index (χ1) is 7.92. The smallest absolute Gasteiger partial charge is 0.193 e. The molecule has 1 aliphatic rings. The number of ether oxygens (including phenoxy) is 1. The summed E-state index contributed by atoms with van der Waals surface area (Å²) in [5.41, 5.74) is 0.193. The van der Waals surface area contributed by atoms with E-state index in [0.29, 0.717) is 5.75 Å². The molecule has 0 amide bonds. The van der Waals surface area contributed by atoms with Gasteiger partial charge in [0.1, 0.15) is 12.4 Å². The third-order valence-electron chi connectivity index (χ3n) is 2.97. The van der Waals surface area contributed by atoms with E-state index in [1.165, 1.54) is 6.07 Å². The Morgan fingerprint density at radius 3 is 2.65 bits per heavy atom. The zero-order valence-electron chi connectivity index (χ0n) is 9.21. The molecule has 0 saturated carbocycles. The van der Waals surface area contributed by atoms with Crippen molar-refractivity contribution in [3.05, 3.63) is 29.8 Å². The minimum absolute atomic E-state index is 0.193. The summed E-state index contributed by atoms with van der Waals surface area (Å²) < 4.78 is 26.8. The number of benzene rings is 1. The lowest BCUT2D eigenvalue weighted by Crippen LogP contribution is -2.56. The molecule has 1 atom stereocenters. The number of sulfone groups is 1. The second kappa shape index (κ2) is 3.82. The molecule has 0 aromatic heterocycles. The fraction of sp³-hybridized carbons (Fsp3) is 0.364. The molecule has 5 nitrogen and oxygen atoms in total. The summed E-state index contributed by atoms with van der Waals surface area (Å²) in [6.45, 7) is -1.13. The SMILES string of the molecule is CS(=O)(=O)C1(CO)COc2ccccc2C1=O. The molecule has 0 spiro atoms. The molecule has 0 bridgehead atoms. The lowest BCUT2D eigenvalue weighted by atomic mass is 9.95. The molecule has 1 unspecified atom stereocenters. The topological polar surface area (TPSA) is 80.7 Å². The molecule has 92 valence electrons. The number of hydrogen-bond acceptors (Lipinski definition) is 5. The van der Waals surface area contributed by atoms with E-state index in [9.17, 15) is 18.3 Å². The van der Waals surface area contributed by atoms with Crippen LogP contribution in [-0.2, 0) is 9.84 Å². The molecule has 0 saturated heterocycles. The van der Waals surface area contributed by atoms with Gasteiger partial charge in [-0.3, -0.25) is 4.79 Å². The van der Waals surface area contributed by atoms with E-state index in [1.54, 1.807) is 18.2 Å². The molecule has 2 rings (SSSR count). The van der Waals surface area contributed by atoms with Gasteiger partial charge in [0, 0.05) is 6.26 Å². The number of Topliss-reactive ketones (excluding diaryl/α,β-unsaturated/α-hetero) is 1. The van der Waals surface area contributed by atoms with Crippen LogP contribution in [0.3, 0.4) is 0 Å². The van der Waals surface area contributed by atoms with E-state index in [1.807, 2.05) is 0 Å². The van der Waals surface area contributed by atoms with Crippen LogP contribution in [0.25, 0.3) is 0 Å². The van der Waals surface area contributed by atoms with Gasteiger partial charge in [0.25, 0.3) is 0 Å². The Morgan fingerprint density at radius 1 is 1.41 bits per heavy atom. The largest absolute Gasteiger partial charge is 0.491 e. The number of rotatable bonds is 2. The number of carbonyl (C=O) groups excluding carboxylic acids is 1. The second-order valence-electron chi connectivity index (χ2n) is 4.04. The molecule has 17 heavy (non-hydrogen) atoms. The molecule has 0 fully saturated rings. The molecule has 0 radical (unpaired) electrons. The first-order valence-electron chi connectivity index (χ1n) is 4.99. The van der Waals surface area contributed by atoms with E-state index in [4.69, 9.17) is 4.74 Å². The van der Waals surface area contributed by atoms with Gasteiger partial charge in [0.15, 0.2) is 20.4 Å². The zero-order valence-corrected chi connectivity index (χ0v) is 10.0.